The Morgan fingerprint density at radius 1 is 1.21 bits per heavy atom. The second-order valence-electron chi connectivity index (χ2n) is 4.10. The first-order chi connectivity index (χ1) is 8.81. The molecule has 1 aromatic carbocycles. The van der Waals surface area contributed by atoms with Gasteiger partial charge in [0, 0.05) is 12.8 Å². The lowest BCUT2D eigenvalue weighted by molar-refractivity contribution is 0.733. The molecule has 2 N–H and O–H groups in total. The maximum atomic E-state index is 5.56. The largest absolute Gasteiger partial charge is 0.324 e. The first-order valence-electron chi connectivity index (χ1n) is 6.06. The van der Waals surface area contributed by atoms with Crippen LogP contribution in [0.4, 0.5) is 0 Å². The van der Waals surface area contributed by atoms with E-state index in [2.05, 4.69) is 34.5 Å². The van der Waals surface area contributed by atoms with Gasteiger partial charge in [-0.05, 0) is 18.4 Å². The van der Waals surface area contributed by atoms with Gasteiger partial charge in [-0.2, -0.15) is 0 Å². The van der Waals surface area contributed by atoms with Crippen molar-refractivity contribution in [2.45, 2.75) is 24.5 Å². The van der Waals surface area contributed by atoms with Crippen molar-refractivity contribution in [1.82, 2.24) is 14.8 Å². The summed E-state index contributed by atoms with van der Waals surface area (Å²) in [4.78, 5) is 0. The fourth-order valence-electron chi connectivity index (χ4n) is 1.73. The Labute approximate surface area is 124 Å². The number of aryl methyl sites for hydroxylation is 1. The van der Waals surface area contributed by atoms with Gasteiger partial charge in [0.15, 0.2) is 5.16 Å². The molecule has 0 aliphatic carbocycles. The van der Waals surface area contributed by atoms with Crippen LogP contribution in [-0.4, -0.2) is 20.5 Å². The summed E-state index contributed by atoms with van der Waals surface area (Å²) in [5, 5.41) is 9.11. The average Bonchev–Trinajstić information content (AvgIpc) is 2.77. The van der Waals surface area contributed by atoms with Gasteiger partial charge in [-0.3, -0.25) is 0 Å². The minimum Gasteiger partial charge on any atom is -0.324 e. The summed E-state index contributed by atoms with van der Waals surface area (Å²) >= 11 is 1.74. The summed E-state index contributed by atoms with van der Waals surface area (Å²) in [6.07, 6.45) is 2.24. The molecule has 6 heteroatoms. The van der Waals surface area contributed by atoms with Crippen molar-refractivity contribution in [3.05, 3.63) is 41.7 Å². The van der Waals surface area contributed by atoms with E-state index in [4.69, 9.17) is 5.73 Å². The third-order valence-electron chi connectivity index (χ3n) is 2.79. The number of aromatic nitrogens is 3. The summed E-state index contributed by atoms with van der Waals surface area (Å²) < 4.78 is 1.97. The number of thioether (sulfide) groups is 1. The zero-order valence-electron chi connectivity index (χ0n) is 11.0. The lowest BCUT2D eigenvalue weighted by Crippen LogP contribution is -2.05. The minimum atomic E-state index is 0. The van der Waals surface area contributed by atoms with E-state index in [1.807, 2.05) is 17.7 Å². The van der Waals surface area contributed by atoms with Crippen molar-refractivity contribution in [2.75, 3.05) is 5.75 Å². The normalized spacial score (nSPS) is 10.2. The molecule has 4 nitrogen and oxygen atoms in total. The van der Waals surface area contributed by atoms with E-state index in [0.29, 0.717) is 6.54 Å². The number of nitrogens with zero attached hydrogens (tertiary/aromatic N) is 3. The summed E-state index contributed by atoms with van der Waals surface area (Å²) in [5.41, 5.74) is 6.95. The van der Waals surface area contributed by atoms with E-state index in [1.165, 1.54) is 5.56 Å². The first-order valence-corrected chi connectivity index (χ1v) is 7.05. The van der Waals surface area contributed by atoms with Crippen LogP contribution in [0.15, 0.2) is 35.5 Å². The Hall–Kier alpha value is -1.04. The van der Waals surface area contributed by atoms with Crippen LogP contribution < -0.4 is 5.73 Å². The molecule has 2 aromatic rings. The number of nitrogens with two attached hydrogens (primary N) is 1. The van der Waals surface area contributed by atoms with Crippen LogP contribution in [0.5, 0.6) is 0 Å². The molecule has 0 amide bonds. The molecule has 0 bridgehead atoms. The maximum absolute atomic E-state index is 5.56. The monoisotopic (exact) mass is 298 g/mol. The topological polar surface area (TPSA) is 56.7 Å². The zero-order chi connectivity index (χ0) is 12.8. The van der Waals surface area contributed by atoms with Gasteiger partial charge in [-0.1, -0.05) is 42.1 Å². The number of hydrogen-bond donors (Lipinski definition) is 1. The number of halogens is 1. The SMILES string of the molecule is Cl.Cn1c(CN)nnc1SCCCc1ccccc1. The Bertz CT molecular complexity index is 487. The Morgan fingerprint density at radius 3 is 2.58 bits per heavy atom. The van der Waals surface area contributed by atoms with Gasteiger partial charge in [0.25, 0.3) is 0 Å². The molecule has 0 atom stereocenters. The van der Waals surface area contributed by atoms with E-state index in [1.54, 1.807) is 11.8 Å². The molecule has 19 heavy (non-hydrogen) atoms. The molecule has 0 saturated carbocycles. The van der Waals surface area contributed by atoms with Crippen molar-refractivity contribution in [3.63, 3.8) is 0 Å². The van der Waals surface area contributed by atoms with Gasteiger partial charge in [0.2, 0.25) is 0 Å². The molecule has 0 fully saturated rings. The van der Waals surface area contributed by atoms with E-state index >= 15 is 0 Å². The summed E-state index contributed by atoms with van der Waals surface area (Å²) in [6, 6.07) is 10.5. The zero-order valence-corrected chi connectivity index (χ0v) is 12.6. The number of hydrogen-bond acceptors (Lipinski definition) is 4. The molecular weight excluding hydrogens is 280 g/mol. The third-order valence-corrected chi connectivity index (χ3v) is 3.90. The number of benzene rings is 1. The molecule has 0 aliphatic rings. The van der Waals surface area contributed by atoms with Crippen molar-refractivity contribution in [2.24, 2.45) is 12.8 Å². The Balaban J connectivity index is 0.00000180. The molecule has 0 radical (unpaired) electrons. The standard InChI is InChI=1S/C13H18N4S.ClH/c1-17-12(10-14)15-16-13(17)18-9-5-8-11-6-3-2-4-7-11;/h2-4,6-7H,5,8-10,14H2,1H3;1H. The van der Waals surface area contributed by atoms with Gasteiger partial charge in [-0.25, -0.2) is 0 Å². The fraction of sp³-hybridized carbons (Fsp3) is 0.385. The van der Waals surface area contributed by atoms with E-state index < -0.39 is 0 Å². The van der Waals surface area contributed by atoms with Crippen LogP contribution in [0.1, 0.15) is 17.8 Å². The lowest BCUT2D eigenvalue weighted by atomic mass is 10.1. The third kappa shape index (κ3) is 4.53. The molecule has 2 rings (SSSR count). The Kier molecular flexibility index (Phi) is 6.91. The molecule has 0 unspecified atom stereocenters. The van der Waals surface area contributed by atoms with Gasteiger partial charge in [0.05, 0.1) is 6.54 Å². The second-order valence-corrected chi connectivity index (χ2v) is 5.16. The van der Waals surface area contributed by atoms with Crippen LogP contribution in [-0.2, 0) is 20.0 Å². The first kappa shape index (κ1) is 16.0. The lowest BCUT2D eigenvalue weighted by Gasteiger charge is -2.02. The predicted molar refractivity (Wildman–Crippen MR) is 81.6 cm³/mol. The van der Waals surface area contributed by atoms with Gasteiger partial charge in [0.1, 0.15) is 5.82 Å². The molecule has 1 heterocycles. The molecule has 0 saturated heterocycles. The van der Waals surface area contributed by atoms with E-state index in [0.717, 1.165) is 29.6 Å². The Morgan fingerprint density at radius 2 is 1.95 bits per heavy atom. The van der Waals surface area contributed by atoms with Crippen molar-refractivity contribution in [1.29, 1.82) is 0 Å². The van der Waals surface area contributed by atoms with Crippen LogP contribution in [0.3, 0.4) is 0 Å². The van der Waals surface area contributed by atoms with Crippen molar-refractivity contribution in [3.8, 4) is 0 Å². The molecule has 104 valence electrons. The van der Waals surface area contributed by atoms with Crippen LogP contribution in [0.2, 0.25) is 0 Å². The highest BCUT2D eigenvalue weighted by molar-refractivity contribution is 7.99. The molecular formula is C13H19ClN4S. The van der Waals surface area contributed by atoms with Crippen LogP contribution in [0.25, 0.3) is 0 Å². The summed E-state index contributed by atoms with van der Waals surface area (Å²) in [5.74, 6) is 1.88. The van der Waals surface area contributed by atoms with Crippen LogP contribution >= 0.6 is 24.2 Å². The summed E-state index contributed by atoms with van der Waals surface area (Å²) in [6.45, 7) is 0.439. The molecule has 0 aliphatic heterocycles. The minimum absolute atomic E-state index is 0. The molecule has 0 spiro atoms. The average molecular weight is 299 g/mol. The van der Waals surface area contributed by atoms with Crippen molar-refractivity contribution >= 4 is 24.2 Å². The van der Waals surface area contributed by atoms with E-state index in [9.17, 15) is 0 Å². The maximum Gasteiger partial charge on any atom is 0.190 e. The van der Waals surface area contributed by atoms with Gasteiger partial charge < -0.3 is 10.3 Å². The highest BCUT2D eigenvalue weighted by Gasteiger charge is 2.06. The van der Waals surface area contributed by atoms with Crippen molar-refractivity contribution < 1.29 is 0 Å². The quantitative estimate of drug-likeness (QED) is 0.657. The van der Waals surface area contributed by atoms with E-state index in [-0.39, 0.29) is 12.4 Å². The highest BCUT2D eigenvalue weighted by atomic mass is 35.5. The van der Waals surface area contributed by atoms with Gasteiger partial charge >= 0.3 is 0 Å². The summed E-state index contributed by atoms with van der Waals surface area (Å²) in [7, 11) is 1.96. The fourth-order valence-corrected chi connectivity index (χ4v) is 2.60. The number of rotatable bonds is 6. The highest BCUT2D eigenvalue weighted by Crippen LogP contribution is 2.17. The smallest absolute Gasteiger partial charge is 0.190 e. The van der Waals surface area contributed by atoms with Crippen LogP contribution in [0, 0.1) is 0 Å². The predicted octanol–water partition coefficient (Wildman–Crippen LogP) is 2.42. The van der Waals surface area contributed by atoms with Gasteiger partial charge in [-0.15, -0.1) is 22.6 Å². The molecule has 1 aromatic heterocycles. The second kappa shape index (κ2) is 8.19.